The number of nitrogens with zero attached hydrogens (tertiary/aromatic N) is 3. The predicted octanol–water partition coefficient (Wildman–Crippen LogP) is 0.919. The normalized spacial score (nSPS) is 19.2. The summed E-state index contributed by atoms with van der Waals surface area (Å²) in [5, 5.41) is 4.39. The van der Waals surface area contributed by atoms with Crippen molar-refractivity contribution >= 4 is 5.91 Å². The molecular formula is C14H24N4O. The van der Waals surface area contributed by atoms with Gasteiger partial charge in [-0.3, -0.25) is 9.48 Å². The molecule has 1 atom stereocenters. The van der Waals surface area contributed by atoms with Gasteiger partial charge in [-0.1, -0.05) is 0 Å². The maximum Gasteiger partial charge on any atom is 0.223 e. The fraction of sp³-hybridized carbons (Fsp3) is 0.714. The summed E-state index contributed by atoms with van der Waals surface area (Å²) in [6, 6.07) is 0.253. The van der Waals surface area contributed by atoms with E-state index in [1.165, 1.54) is 5.56 Å². The Balaban J connectivity index is 1.97. The third-order valence-electron chi connectivity index (χ3n) is 4.22. The van der Waals surface area contributed by atoms with E-state index in [4.69, 9.17) is 5.73 Å². The minimum atomic E-state index is 0.232. The highest BCUT2D eigenvalue weighted by atomic mass is 16.2. The van der Waals surface area contributed by atoms with E-state index in [0.29, 0.717) is 13.0 Å². The summed E-state index contributed by atoms with van der Waals surface area (Å²) in [6.45, 7) is 5.51. The molecule has 5 nitrogen and oxygen atoms in total. The van der Waals surface area contributed by atoms with E-state index in [0.717, 1.165) is 37.2 Å². The number of carbonyl (C=O) groups is 1. The number of aromatic nitrogens is 2. The van der Waals surface area contributed by atoms with Gasteiger partial charge in [0.25, 0.3) is 0 Å². The molecule has 2 rings (SSSR count). The van der Waals surface area contributed by atoms with Crippen LogP contribution in [0.5, 0.6) is 0 Å². The minimum absolute atomic E-state index is 0.232. The lowest BCUT2D eigenvalue weighted by atomic mass is 10.1. The van der Waals surface area contributed by atoms with Crippen LogP contribution in [0.3, 0.4) is 0 Å². The molecule has 106 valence electrons. The highest BCUT2D eigenvalue weighted by Crippen LogP contribution is 2.19. The van der Waals surface area contributed by atoms with Crippen molar-refractivity contribution in [3.63, 3.8) is 0 Å². The summed E-state index contributed by atoms with van der Waals surface area (Å²) in [4.78, 5) is 14.2. The monoisotopic (exact) mass is 264 g/mol. The molecule has 0 saturated carbocycles. The third kappa shape index (κ3) is 2.81. The van der Waals surface area contributed by atoms with Crippen LogP contribution in [0.4, 0.5) is 0 Å². The highest BCUT2D eigenvalue weighted by molar-refractivity contribution is 5.77. The lowest BCUT2D eigenvalue weighted by Gasteiger charge is -2.23. The van der Waals surface area contributed by atoms with Crippen LogP contribution in [-0.2, 0) is 18.3 Å². The van der Waals surface area contributed by atoms with Crippen LogP contribution in [0.1, 0.15) is 36.2 Å². The molecule has 1 aromatic heterocycles. The van der Waals surface area contributed by atoms with Crippen LogP contribution in [0, 0.1) is 13.8 Å². The summed E-state index contributed by atoms with van der Waals surface area (Å²) in [6.07, 6.45) is 3.47. The van der Waals surface area contributed by atoms with Gasteiger partial charge in [0.15, 0.2) is 0 Å². The number of likely N-dealkylation sites (tertiary alicyclic amines) is 1. The number of amides is 1. The topological polar surface area (TPSA) is 64.2 Å². The van der Waals surface area contributed by atoms with Gasteiger partial charge in [-0.15, -0.1) is 0 Å². The number of nitrogens with two attached hydrogens (primary N) is 1. The van der Waals surface area contributed by atoms with Crippen molar-refractivity contribution in [2.24, 2.45) is 12.8 Å². The molecule has 2 N–H and O–H groups in total. The smallest absolute Gasteiger partial charge is 0.223 e. The Morgan fingerprint density at radius 3 is 2.79 bits per heavy atom. The lowest BCUT2D eigenvalue weighted by molar-refractivity contribution is -0.131. The van der Waals surface area contributed by atoms with E-state index in [-0.39, 0.29) is 11.9 Å². The van der Waals surface area contributed by atoms with E-state index in [9.17, 15) is 4.79 Å². The van der Waals surface area contributed by atoms with Gasteiger partial charge in [-0.25, -0.2) is 0 Å². The Bertz CT molecular complexity index is 466. The first-order valence-electron chi connectivity index (χ1n) is 7.03. The standard InChI is InChI=1S/C14H24N4O/c1-10-13(11(2)17(3)16-10)6-7-14(19)18-8-4-5-12(18)9-15/h12H,4-9,15H2,1-3H3. The summed E-state index contributed by atoms with van der Waals surface area (Å²) < 4.78 is 1.88. The zero-order valence-electron chi connectivity index (χ0n) is 12.1. The molecule has 0 aliphatic carbocycles. The summed E-state index contributed by atoms with van der Waals surface area (Å²) in [5.74, 6) is 0.232. The average molecular weight is 264 g/mol. The second-order valence-electron chi connectivity index (χ2n) is 5.39. The molecule has 1 saturated heterocycles. The second kappa shape index (κ2) is 5.74. The van der Waals surface area contributed by atoms with Crippen molar-refractivity contribution in [1.29, 1.82) is 0 Å². The van der Waals surface area contributed by atoms with Gasteiger partial charge in [-0.05, 0) is 38.7 Å². The van der Waals surface area contributed by atoms with Gasteiger partial charge in [-0.2, -0.15) is 5.10 Å². The first-order chi connectivity index (χ1) is 9.04. The average Bonchev–Trinajstić information content (AvgIpc) is 2.94. The van der Waals surface area contributed by atoms with Crippen LogP contribution >= 0.6 is 0 Å². The molecule has 0 radical (unpaired) electrons. The molecule has 1 aliphatic heterocycles. The van der Waals surface area contributed by atoms with Crippen molar-refractivity contribution < 1.29 is 4.79 Å². The zero-order valence-corrected chi connectivity index (χ0v) is 12.1. The third-order valence-corrected chi connectivity index (χ3v) is 4.22. The van der Waals surface area contributed by atoms with Gasteiger partial charge >= 0.3 is 0 Å². The predicted molar refractivity (Wildman–Crippen MR) is 74.8 cm³/mol. The number of hydrogen-bond acceptors (Lipinski definition) is 3. The number of rotatable bonds is 4. The van der Waals surface area contributed by atoms with E-state index in [2.05, 4.69) is 12.0 Å². The van der Waals surface area contributed by atoms with Gasteiger partial charge in [0.1, 0.15) is 0 Å². The molecule has 1 fully saturated rings. The van der Waals surface area contributed by atoms with E-state index in [1.807, 2.05) is 23.6 Å². The van der Waals surface area contributed by atoms with Gasteiger partial charge in [0.05, 0.1) is 5.69 Å². The van der Waals surface area contributed by atoms with Crippen molar-refractivity contribution in [3.05, 3.63) is 17.0 Å². The maximum absolute atomic E-state index is 12.3. The molecule has 0 spiro atoms. The Morgan fingerprint density at radius 1 is 1.47 bits per heavy atom. The SMILES string of the molecule is Cc1nn(C)c(C)c1CCC(=O)N1CCCC1CN. The Kier molecular flexibility index (Phi) is 4.24. The lowest BCUT2D eigenvalue weighted by Crippen LogP contribution is -2.40. The first kappa shape index (κ1) is 14.1. The number of carbonyl (C=O) groups excluding carboxylic acids is 1. The van der Waals surface area contributed by atoms with Crippen molar-refractivity contribution in [3.8, 4) is 0 Å². The summed E-state index contributed by atoms with van der Waals surface area (Å²) >= 11 is 0. The molecule has 5 heteroatoms. The molecule has 1 aliphatic rings. The number of hydrogen-bond donors (Lipinski definition) is 1. The van der Waals surface area contributed by atoms with Gasteiger partial charge in [0.2, 0.25) is 5.91 Å². The van der Waals surface area contributed by atoms with E-state index in [1.54, 1.807) is 0 Å². The molecule has 1 amide bonds. The van der Waals surface area contributed by atoms with Gasteiger partial charge in [0, 0.05) is 38.3 Å². The van der Waals surface area contributed by atoms with Crippen LogP contribution < -0.4 is 5.73 Å². The van der Waals surface area contributed by atoms with Crippen molar-refractivity contribution in [2.45, 2.75) is 45.6 Å². The van der Waals surface area contributed by atoms with E-state index >= 15 is 0 Å². The Hall–Kier alpha value is -1.36. The Labute approximate surface area is 114 Å². The van der Waals surface area contributed by atoms with Crippen LogP contribution in [0.25, 0.3) is 0 Å². The first-order valence-corrected chi connectivity index (χ1v) is 7.03. The maximum atomic E-state index is 12.3. The number of aryl methyl sites for hydroxylation is 2. The van der Waals surface area contributed by atoms with Crippen LogP contribution in [-0.4, -0.2) is 39.7 Å². The zero-order chi connectivity index (χ0) is 14.0. The van der Waals surface area contributed by atoms with Crippen molar-refractivity contribution in [2.75, 3.05) is 13.1 Å². The fourth-order valence-electron chi connectivity index (χ4n) is 2.96. The van der Waals surface area contributed by atoms with Crippen molar-refractivity contribution in [1.82, 2.24) is 14.7 Å². The molecule has 1 unspecified atom stereocenters. The molecule has 2 heterocycles. The minimum Gasteiger partial charge on any atom is -0.338 e. The largest absolute Gasteiger partial charge is 0.338 e. The molecule has 1 aromatic rings. The highest BCUT2D eigenvalue weighted by Gasteiger charge is 2.27. The quantitative estimate of drug-likeness (QED) is 0.879. The summed E-state index contributed by atoms with van der Waals surface area (Å²) in [5.41, 5.74) is 9.11. The Morgan fingerprint density at radius 2 is 2.21 bits per heavy atom. The molecule has 19 heavy (non-hydrogen) atoms. The fourth-order valence-corrected chi connectivity index (χ4v) is 2.96. The van der Waals surface area contributed by atoms with Crippen LogP contribution in [0.2, 0.25) is 0 Å². The van der Waals surface area contributed by atoms with Gasteiger partial charge < -0.3 is 10.6 Å². The van der Waals surface area contributed by atoms with Crippen LogP contribution in [0.15, 0.2) is 0 Å². The summed E-state index contributed by atoms with van der Waals surface area (Å²) in [7, 11) is 1.94. The molecule has 0 bridgehead atoms. The van der Waals surface area contributed by atoms with E-state index < -0.39 is 0 Å². The molecule has 0 aromatic carbocycles. The second-order valence-corrected chi connectivity index (χ2v) is 5.39. The molecular weight excluding hydrogens is 240 g/mol.